The van der Waals surface area contributed by atoms with E-state index in [1.165, 1.54) is 0 Å². The summed E-state index contributed by atoms with van der Waals surface area (Å²) in [4.78, 5) is 23.2. The van der Waals surface area contributed by atoms with Crippen LogP contribution in [0, 0.1) is 11.3 Å². The van der Waals surface area contributed by atoms with Gasteiger partial charge in [0, 0.05) is 25.8 Å². The predicted octanol–water partition coefficient (Wildman–Crippen LogP) is -0.113. The van der Waals surface area contributed by atoms with E-state index in [2.05, 4.69) is 5.32 Å². The molecule has 4 N–H and O–H groups in total. The van der Waals surface area contributed by atoms with Crippen LogP contribution in [-0.4, -0.2) is 42.8 Å². The molecule has 6 nitrogen and oxygen atoms in total. The van der Waals surface area contributed by atoms with Crippen molar-refractivity contribution in [2.45, 2.75) is 25.3 Å². The van der Waals surface area contributed by atoms with Gasteiger partial charge in [0.15, 0.2) is 0 Å². The summed E-state index contributed by atoms with van der Waals surface area (Å²) >= 11 is 0. The third kappa shape index (κ3) is 2.96. The van der Waals surface area contributed by atoms with E-state index in [0.29, 0.717) is 39.0 Å². The second-order valence-corrected chi connectivity index (χ2v) is 5.24. The number of nitrogens with one attached hydrogen (secondary N) is 1. The summed E-state index contributed by atoms with van der Waals surface area (Å²) in [7, 11) is 0. The van der Waals surface area contributed by atoms with Gasteiger partial charge in [-0.25, -0.2) is 0 Å². The van der Waals surface area contributed by atoms with E-state index in [-0.39, 0.29) is 11.9 Å². The summed E-state index contributed by atoms with van der Waals surface area (Å²) < 4.78 is 5.27. The van der Waals surface area contributed by atoms with Gasteiger partial charge in [0.05, 0.1) is 11.3 Å². The molecule has 0 radical (unpaired) electrons. The van der Waals surface area contributed by atoms with Crippen molar-refractivity contribution in [2.75, 3.05) is 19.8 Å². The third-order valence-electron chi connectivity index (χ3n) is 4.04. The lowest BCUT2D eigenvalue weighted by molar-refractivity contribution is -0.141. The second kappa shape index (κ2) is 5.71. The van der Waals surface area contributed by atoms with Crippen LogP contribution in [0.15, 0.2) is 12.2 Å². The van der Waals surface area contributed by atoms with Gasteiger partial charge in [-0.3, -0.25) is 9.59 Å². The van der Waals surface area contributed by atoms with Crippen LogP contribution in [0.5, 0.6) is 0 Å². The minimum atomic E-state index is -0.854. The maximum atomic E-state index is 12.4. The number of hydrogen-bond donors (Lipinski definition) is 3. The number of carboxylic acid groups (broad SMARTS) is 1. The van der Waals surface area contributed by atoms with Gasteiger partial charge in [0.1, 0.15) is 0 Å². The number of carbonyl (C=O) groups excluding carboxylic acids is 1. The Morgan fingerprint density at radius 2 is 2.05 bits per heavy atom. The van der Waals surface area contributed by atoms with Crippen molar-refractivity contribution >= 4 is 11.9 Å². The van der Waals surface area contributed by atoms with Gasteiger partial charge >= 0.3 is 5.97 Å². The highest BCUT2D eigenvalue weighted by atomic mass is 16.5. The maximum Gasteiger partial charge on any atom is 0.310 e. The van der Waals surface area contributed by atoms with Crippen LogP contribution in [-0.2, 0) is 14.3 Å². The van der Waals surface area contributed by atoms with Gasteiger partial charge in [-0.05, 0) is 19.3 Å². The molecular weight excluding hydrogens is 248 g/mol. The molecule has 0 bridgehead atoms. The Hall–Kier alpha value is -1.40. The highest BCUT2D eigenvalue weighted by Crippen LogP contribution is 2.30. The van der Waals surface area contributed by atoms with Crippen molar-refractivity contribution < 1.29 is 19.4 Å². The first-order valence-corrected chi connectivity index (χ1v) is 6.57. The van der Waals surface area contributed by atoms with Gasteiger partial charge in [-0.15, -0.1) is 0 Å². The van der Waals surface area contributed by atoms with E-state index in [1.807, 2.05) is 0 Å². The first-order valence-electron chi connectivity index (χ1n) is 6.57. The molecule has 1 aliphatic heterocycles. The van der Waals surface area contributed by atoms with Crippen molar-refractivity contribution in [3.05, 3.63) is 12.2 Å². The Kier molecular flexibility index (Phi) is 4.21. The summed E-state index contributed by atoms with van der Waals surface area (Å²) in [5, 5.41) is 11.8. The highest BCUT2D eigenvalue weighted by Gasteiger charge is 2.40. The van der Waals surface area contributed by atoms with Crippen molar-refractivity contribution in [3.8, 4) is 0 Å². The molecule has 1 aliphatic carbocycles. The van der Waals surface area contributed by atoms with Crippen molar-refractivity contribution in [2.24, 2.45) is 17.1 Å². The zero-order chi connectivity index (χ0) is 13.9. The Labute approximate surface area is 112 Å². The molecule has 1 fully saturated rings. The lowest BCUT2D eigenvalue weighted by Gasteiger charge is -2.35. The summed E-state index contributed by atoms with van der Waals surface area (Å²) in [6.07, 6.45) is 5.03. The zero-order valence-corrected chi connectivity index (χ0v) is 10.8. The summed E-state index contributed by atoms with van der Waals surface area (Å²) in [5.74, 6) is -1.44. The quantitative estimate of drug-likeness (QED) is 0.617. The Morgan fingerprint density at radius 3 is 2.58 bits per heavy atom. The minimum Gasteiger partial charge on any atom is -0.481 e. The number of hydrogen-bond acceptors (Lipinski definition) is 4. The predicted molar refractivity (Wildman–Crippen MR) is 68.4 cm³/mol. The molecule has 1 heterocycles. The van der Waals surface area contributed by atoms with Gasteiger partial charge in [-0.1, -0.05) is 12.2 Å². The van der Waals surface area contributed by atoms with E-state index < -0.39 is 17.3 Å². The van der Waals surface area contributed by atoms with Crippen LogP contribution in [0.2, 0.25) is 0 Å². The van der Waals surface area contributed by atoms with Crippen molar-refractivity contribution in [1.82, 2.24) is 5.32 Å². The Morgan fingerprint density at radius 1 is 1.37 bits per heavy atom. The number of ether oxygens (including phenoxy) is 1. The number of aliphatic carboxylic acids is 1. The van der Waals surface area contributed by atoms with Gasteiger partial charge < -0.3 is 20.9 Å². The van der Waals surface area contributed by atoms with Crippen molar-refractivity contribution in [1.29, 1.82) is 0 Å². The molecule has 1 saturated heterocycles. The number of rotatable bonds is 4. The molecule has 2 aliphatic rings. The average molecular weight is 268 g/mol. The standard InChI is InChI=1S/C13H20N2O4/c14-8-13(3-5-19-6-4-13)12(18)15-10-2-1-9(7-10)11(16)17/h1-2,9-10H,3-8,14H2,(H,15,18)(H,16,17). The molecule has 106 valence electrons. The molecule has 6 heteroatoms. The molecule has 2 rings (SSSR count). The van der Waals surface area contributed by atoms with E-state index in [0.717, 1.165) is 0 Å². The van der Waals surface area contributed by atoms with E-state index in [9.17, 15) is 9.59 Å². The van der Waals surface area contributed by atoms with E-state index in [4.69, 9.17) is 15.6 Å². The fourth-order valence-corrected chi connectivity index (χ4v) is 2.60. The molecule has 0 aromatic heterocycles. The third-order valence-corrected chi connectivity index (χ3v) is 4.04. The summed E-state index contributed by atoms with van der Waals surface area (Å²) in [5.41, 5.74) is 5.20. The number of carbonyl (C=O) groups is 2. The summed E-state index contributed by atoms with van der Waals surface area (Å²) in [6.45, 7) is 1.38. The van der Waals surface area contributed by atoms with Gasteiger partial charge in [0.25, 0.3) is 0 Å². The fourth-order valence-electron chi connectivity index (χ4n) is 2.60. The van der Waals surface area contributed by atoms with E-state index >= 15 is 0 Å². The first-order chi connectivity index (χ1) is 9.07. The van der Waals surface area contributed by atoms with Crippen molar-refractivity contribution in [3.63, 3.8) is 0 Å². The molecule has 0 spiro atoms. The highest BCUT2D eigenvalue weighted by molar-refractivity contribution is 5.84. The molecule has 19 heavy (non-hydrogen) atoms. The van der Waals surface area contributed by atoms with E-state index in [1.54, 1.807) is 12.2 Å². The molecule has 1 amide bonds. The molecule has 2 unspecified atom stereocenters. The molecule has 2 atom stereocenters. The normalized spacial score (nSPS) is 29.1. The number of carboxylic acids is 1. The van der Waals surface area contributed by atoms with Crippen LogP contribution >= 0.6 is 0 Å². The lowest BCUT2D eigenvalue weighted by Crippen LogP contribution is -2.51. The topological polar surface area (TPSA) is 102 Å². The lowest BCUT2D eigenvalue weighted by atomic mass is 9.79. The number of amides is 1. The second-order valence-electron chi connectivity index (χ2n) is 5.24. The van der Waals surface area contributed by atoms with Crippen LogP contribution in [0.25, 0.3) is 0 Å². The average Bonchev–Trinajstić information content (AvgIpc) is 2.88. The number of nitrogens with two attached hydrogens (primary N) is 1. The smallest absolute Gasteiger partial charge is 0.310 e. The van der Waals surface area contributed by atoms with Crippen LogP contribution in [0.4, 0.5) is 0 Å². The molecule has 0 aromatic carbocycles. The molecule has 0 aromatic rings. The largest absolute Gasteiger partial charge is 0.481 e. The van der Waals surface area contributed by atoms with Gasteiger partial charge in [-0.2, -0.15) is 0 Å². The SMILES string of the molecule is NCC1(C(=O)NC2C=CC(C(=O)O)C2)CCOCC1. The monoisotopic (exact) mass is 268 g/mol. The zero-order valence-electron chi connectivity index (χ0n) is 10.8. The van der Waals surface area contributed by atoms with Crippen LogP contribution in [0.3, 0.4) is 0 Å². The maximum absolute atomic E-state index is 12.4. The summed E-state index contributed by atoms with van der Waals surface area (Å²) in [6, 6.07) is -0.208. The first kappa shape index (κ1) is 14.0. The minimum absolute atomic E-state index is 0.0843. The molecule has 0 saturated carbocycles. The van der Waals surface area contributed by atoms with Gasteiger partial charge in [0.2, 0.25) is 5.91 Å². The fraction of sp³-hybridized carbons (Fsp3) is 0.692. The molecular formula is C13H20N2O4. The van der Waals surface area contributed by atoms with Crippen LogP contribution in [0.1, 0.15) is 19.3 Å². The van der Waals surface area contributed by atoms with Crippen LogP contribution < -0.4 is 11.1 Å². The Balaban J connectivity index is 1.94. The Bertz CT molecular complexity index is 388.